The molecule has 0 aliphatic carbocycles. The number of anilines is 1. The zero-order valence-electron chi connectivity index (χ0n) is 16.1. The van der Waals surface area contributed by atoms with Crippen LogP contribution in [0.15, 0.2) is 53.4 Å². The molecule has 1 saturated heterocycles. The number of aromatic nitrogens is 1. The number of nitrogens with one attached hydrogen (secondary N) is 3. The first kappa shape index (κ1) is 19.1. The van der Waals surface area contributed by atoms with Gasteiger partial charge in [-0.05, 0) is 43.0 Å². The van der Waals surface area contributed by atoms with E-state index in [0.29, 0.717) is 48.2 Å². The molecule has 3 aromatic rings. The molecule has 1 atom stereocenters. The highest BCUT2D eigenvalue weighted by molar-refractivity contribution is 7.89. The molecule has 5 rings (SSSR count). The van der Waals surface area contributed by atoms with E-state index in [0.717, 1.165) is 0 Å². The SMILES string of the molecule is O=C(c1cc2cccc(F)c2[nH]1)N1CCC(C2Nc3ccccc3S(=O)(=O)N2)CC1. The number of nitrogens with zero attached hydrogens (tertiary/aromatic N) is 1. The Morgan fingerprint density at radius 3 is 2.60 bits per heavy atom. The molecule has 3 N–H and O–H groups in total. The van der Waals surface area contributed by atoms with Gasteiger partial charge in [0.05, 0.1) is 17.4 Å². The molecule has 0 radical (unpaired) electrons. The first-order valence-electron chi connectivity index (χ1n) is 9.87. The van der Waals surface area contributed by atoms with E-state index < -0.39 is 16.2 Å². The number of aromatic amines is 1. The number of rotatable bonds is 2. The van der Waals surface area contributed by atoms with E-state index in [1.54, 1.807) is 47.4 Å². The lowest BCUT2D eigenvalue weighted by molar-refractivity contribution is 0.0674. The number of hydrogen-bond donors (Lipinski definition) is 3. The van der Waals surface area contributed by atoms with Crippen molar-refractivity contribution in [3.05, 3.63) is 60.0 Å². The van der Waals surface area contributed by atoms with Crippen molar-refractivity contribution in [2.75, 3.05) is 18.4 Å². The molecule has 1 amide bonds. The van der Waals surface area contributed by atoms with Gasteiger partial charge in [0.25, 0.3) is 5.91 Å². The third kappa shape index (κ3) is 3.23. The summed E-state index contributed by atoms with van der Waals surface area (Å²) < 4.78 is 41.7. The lowest BCUT2D eigenvalue weighted by Gasteiger charge is -2.38. The number of benzene rings is 2. The summed E-state index contributed by atoms with van der Waals surface area (Å²) in [4.78, 5) is 17.7. The summed E-state index contributed by atoms with van der Waals surface area (Å²) in [6, 6.07) is 13.2. The van der Waals surface area contributed by atoms with Gasteiger partial charge in [-0.1, -0.05) is 24.3 Å². The van der Waals surface area contributed by atoms with Crippen molar-refractivity contribution in [3.63, 3.8) is 0 Å². The molecule has 3 heterocycles. The average molecular weight is 428 g/mol. The average Bonchev–Trinajstić information content (AvgIpc) is 3.19. The summed E-state index contributed by atoms with van der Waals surface area (Å²) in [6.07, 6.45) is 0.898. The van der Waals surface area contributed by atoms with Gasteiger partial charge >= 0.3 is 0 Å². The van der Waals surface area contributed by atoms with Crippen LogP contribution in [0.2, 0.25) is 0 Å². The number of likely N-dealkylation sites (tertiary alicyclic amines) is 1. The minimum Gasteiger partial charge on any atom is -0.368 e. The van der Waals surface area contributed by atoms with Crippen molar-refractivity contribution >= 4 is 32.5 Å². The van der Waals surface area contributed by atoms with Crippen molar-refractivity contribution < 1.29 is 17.6 Å². The highest BCUT2D eigenvalue weighted by Gasteiger charge is 2.36. The van der Waals surface area contributed by atoms with Crippen molar-refractivity contribution in [1.82, 2.24) is 14.6 Å². The van der Waals surface area contributed by atoms with Crippen molar-refractivity contribution in [2.24, 2.45) is 5.92 Å². The van der Waals surface area contributed by atoms with Crippen LogP contribution in [-0.2, 0) is 10.0 Å². The van der Waals surface area contributed by atoms with Crippen LogP contribution >= 0.6 is 0 Å². The van der Waals surface area contributed by atoms with Crippen LogP contribution in [0.1, 0.15) is 23.3 Å². The monoisotopic (exact) mass is 428 g/mol. The van der Waals surface area contributed by atoms with E-state index in [2.05, 4.69) is 15.0 Å². The number of sulfonamides is 1. The van der Waals surface area contributed by atoms with Gasteiger partial charge in [0, 0.05) is 18.5 Å². The van der Waals surface area contributed by atoms with Crippen molar-refractivity contribution in [2.45, 2.75) is 23.9 Å². The molecule has 9 heteroatoms. The van der Waals surface area contributed by atoms with E-state index in [1.807, 2.05) is 0 Å². The molecule has 2 aromatic carbocycles. The smallest absolute Gasteiger partial charge is 0.270 e. The molecule has 7 nitrogen and oxygen atoms in total. The number of amides is 1. The third-order valence-electron chi connectivity index (χ3n) is 5.90. The van der Waals surface area contributed by atoms with Crippen molar-refractivity contribution in [3.8, 4) is 0 Å². The summed E-state index contributed by atoms with van der Waals surface area (Å²) in [7, 11) is -3.57. The van der Waals surface area contributed by atoms with Crippen LogP contribution in [0.4, 0.5) is 10.1 Å². The molecule has 1 fully saturated rings. The number of carbonyl (C=O) groups is 1. The number of para-hydroxylation sites is 2. The van der Waals surface area contributed by atoms with Crippen molar-refractivity contribution in [1.29, 1.82) is 0 Å². The maximum atomic E-state index is 13.9. The lowest BCUT2D eigenvalue weighted by Crippen LogP contribution is -2.52. The van der Waals surface area contributed by atoms with Gasteiger partial charge in [0.15, 0.2) is 0 Å². The Bertz CT molecular complexity index is 1230. The summed E-state index contributed by atoms with van der Waals surface area (Å²) in [6.45, 7) is 1.01. The van der Waals surface area contributed by atoms with Crippen LogP contribution in [-0.4, -0.2) is 43.5 Å². The molecule has 1 aromatic heterocycles. The van der Waals surface area contributed by atoms with Gasteiger partial charge in [-0.3, -0.25) is 4.79 Å². The Kier molecular flexibility index (Phi) is 4.52. The maximum Gasteiger partial charge on any atom is 0.270 e. The van der Waals surface area contributed by atoms with E-state index in [4.69, 9.17) is 0 Å². The Morgan fingerprint density at radius 2 is 1.83 bits per heavy atom. The van der Waals surface area contributed by atoms with Gasteiger partial charge < -0.3 is 15.2 Å². The number of carbonyl (C=O) groups excluding carboxylic acids is 1. The second-order valence-corrected chi connectivity index (χ2v) is 9.44. The Morgan fingerprint density at radius 1 is 1.07 bits per heavy atom. The number of fused-ring (bicyclic) bond motifs is 2. The van der Waals surface area contributed by atoms with Gasteiger partial charge in [-0.2, -0.15) is 4.72 Å². The number of hydrogen-bond acceptors (Lipinski definition) is 4. The predicted molar refractivity (Wildman–Crippen MR) is 111 cm³/mol. The normalized spacial score (nSPS) is 21.2. The first-order valence-corrected chi connectivity index (χ1v) is 11.3. The van der Waals surface area contributed by atoms with E-state index >= 15 is 0 Å². The molecule has 2 aliphatic heterocycles. The van der Waals surface area contributed by atoms with Crippen LogP contribution in [0.25, 0.3) is 10.9 Å². The molecular weight excluding hydrogens is 407 g/mol. The fraction of sp³-hybridized carbons (Fsp3) is 0.286. The zero-order valence-corrected chi connectivity index (χ0v) is 16.9. The highest BCUT2D eigenvalue weighted by atomic mass is 32.2. The Hall–Kier alpha value is -2.91. The number of H-pyrrole nitrogens is 1. The second kappa shape index (κ2) is 7.10. The largest absolute Gasteiger partial charge is 0.368 e. The van der Waals surface area contributed by atoms with Crippen LogP contribution < -0.4 is 10.0 Å². The van der Waals surface area contributed by atoms with E-state index in [1.165, 1.54) is 6.07 Å². The van der Waals surface area contributed by atoms with E-state index in [-0.39, 0.29) is 22.5 Å². The molecular formula is C21H21FN4O3S. The van der Waals surface area contributed by atoms with Crippen LogP contribution in [0.5, 0.6) is 0 Å². The molecule has 30 heavy (non-hydrogen) atoms. The summed E-state index contributed by atoms with van der Waals surface area (Å²) in [5.74, 6) is -0.509. The van der Waals surface area contributed by atoms with Crippen LogP contribution in [0, 0.1) is 11.7 Å². The van der Waals surface area contributed by atoms with Gasteiger partial charge in [0.2, 0.25) is 10.0 Å². The summed E-state index contributed by atoms with van der Waals surface area (Å²) in [5.41, 5.74) is 1.29. The molecule has 1 unspecified atom stereocenters. The molecule has 0 saturated carbocycles. The lowest BCUT2D eigenvalue weighted by atomic mass is 9.93. The minimum atomic E-state index is -3.57. The molecule has 2 aliphatic rings. The maximum absolute atomic E-state index is 13.9. The Balaban J connectivity index is 1.28. The van der Waals surface area contributed by atoms with Gasteiger partial charge in [-0.15, -0.1) is 0 Å². The first-order chi connectivity index (χ1) is 14.4. The topological polar surface area (TPSA) is 94.3 Å². The number of halogens is 1. The molecule has 0 spiro atoms. The molecule has 0 bridgehead atoms. The third-order valence-corrected chi connectivity index (χ3v) is 7.40. The summed E-state index contributed by atoms with van der Waals surface area (Å²) >= 11 is 0. The zero-order chi connectivity index (χ0) is 20.9. The highest BCUT2D eigenvalue weighted by Crippen LogP contribution is 2.31. The number of piperidine rings is 1. The van der Waals surface area contributed by atoms with Crippen LogP contribution in [0.3, 0.4) is 0 Å². The van der Waals surface area contributed by atoms with Gasteiger partial charge in [0.1, 0.15) is 16.4 Å². The van der Waals surface area contributed by atoms with Gasteiger partial charge in [-0.25, -0.2) is 12.8 Å². The second-order valence-electron chi connectivity index (χ2n) is 7.76. The quantitative estimate of drug-likeness (QED) is 0.585. The fourth-order valence-corrected chi connectivity index (χ4v) is 5.69. The molecule has 156 valence electrons. The fourth-order valence-electron chi connectivity index (χ4n) is 4.30. The minimum absolute atomic E-state index is 0.0531. The Labute approximate surface area is 173 Å². The summed E-state index contributed by atoms with van der Waals surface area (Å²) in [5, 5.41) is 3.94. The van der Waals surface area contributed by atoms with E-state index in [9.17, 15) is 17.6 Å². The predicted octanol–water partition coefficient (Wildman–Crippen LogP) is 2.89. The standard InChI is InChI=1S/C21H21FN4O3S/c22-15-5-3-4-14-12-17(23-19(14)15)21(27)26-10-8-13(9-11-26)20-24-16-6-1-2-7-18(16)30(28,29)25-20/h1-7,12-13,20,23-25H,8-11H2.